The molecule has 2 heterocycles. The van der Waals surface area contributed by atoms with Crippen molar-refractivity contribution in [1.29, 1.82) is 0 Å². The first-order valence-corrected chi connectivity index (χ1v) is 11.0. The zero-order chi connectivity index (χ0) is 25.9. The van der Waals surface area contributed by atoms with Crippen molar-refractivity contribution in [2.45, 2.75) is 64.5 Å². The Morgan fingerprint density at radius 2 is 1.63 bits per heavy atom. The summed E-state index contributed by atoms with van der Waals surface area (Å²) < 4.78 is 80.5. The first kappa shape index (κ1) is 25.0. The smallest absolute Gasteiger partial charge is 0.360 e. The molecule has 0 bridgehead atoms. The van der Waals surface area contributed by atoms with E-state index in [-0.39, 0.29) is 24.2 Å². The van der Waals surface area contributed by atoms with Crippen LogP contribution in [0.2, 0.25) is 0 Å². The van der Waals surface area contributed by atoms with Crippen LogP contribution in [0.1, 0.15) is 55.2 Å². The molecule has 1 aromatic carbocycles. The van der Waals surface area contributed by atoms with E-state index < -0.39 is 41.0 Å². The second-order valence-electron chi connectivity index (χ2n) is 9.53. The van der Waals surface area contributed by atoms with Crippen LogP contribution in [0, 0.1) is 19.8 Å². The standard InChI is InChI=1S/C24H24F6N4O/c1-12-17(6-5-7-18(12)24(28,29)30)22(3,4)33-21-16-11-34(15-8-14(9-15)23(25,26)27)20(35)10-19(16)31-13(2)32-21/h5-7,10-11,14-15H,8-9H2,1-4H3,(H,31,32,33). The van der Waals surface area contributed by atoms with E-state index in [1.807, 2.05) is 0 Å². The van der Waals surface area contributed by atoms with Crippen molar-refractivity contribution < 1.29 is 26.3 Å². The average molecular weight is 498 g/mol. The zero-order valence-corrected chi connectivity index (χ0v) is 19.5. The molecule has 0 amide bonds. The van der Waals surface area contributed by atoms with Gasteiger partial charge < -0.3 is 9.88 Å². The lowest BCUT2D eigenvalue weighted by molar-refractivity contribution is -0.202. The van der Waals surface area contributed by atoms with Gasteiger partial charge in [-0.1, -0.05) is 12.1 Å². The van der Waals surface area contributed by atoms with Gasteiger partial charge in [0.05, 0.1) is 27.9 Å². The van der Waals surface area contributed by atoms with Gasteiger partial charge in [-0.15, -0.1) is 0 Å². The quantitative estimate of drug-likeness (QED) is 0.430. The maximum absolute atomic E-state index is 13.5. The van der Waals surface area contributed by atoms with E-state index >= 15 is 0 Å². The molecule has 0 aliphatic heterocycles. The molecule has 2 aromatic heterocycles. The number of benzene rings is 1. The van der Waals surface area contributed by atoms with Crippen LogP contribution in [-0.2, 0) is 11.7 Å². The Balaban J connectivity index is 1.75. The molecule has 0 unspecified atom stereocenters. The molecule has 1 aliphatic rings. The van der Waals surface area contributed by atoms with Crippen molar-refractivity contribution in [3.63, 3.8) is 0 Å². The van der Waals surface area contributed by atoms with Crippen molar-refractivity contribution >= 4 is 16.7 Å². The average Bonchev–Trinajstić information content (AvgIpc) is 2.65. The number of fused-ring (bicyclic) bond motifs is 1. The predicted molar refractivity (Wildman–Crippen MR) is 119 cm³/mol. The number of rotatable bonds is 4. The van der Waals surface area contributed by atoms with Gasteiger partial charge in [-0.05, 0) is 57.7 Å². The Hall–Kier alpha value is -3.11. The molecule has 4 rings (SSSR count). The van der Waals surface area contributed by atoms with Gasteiger partial charge in [0.1, 0.15) is 11.6 Å². The molecule has 1 N–H and O–H groups in total. The van der Waals surface area contributed by atoms with Crippen LogP contribution in [0.5, 0.6) is 0 Å². The third-order valence-electron chi connectivity index (χ3n) is 6.58. The Morgan fingerprint density at radius 1 is 1.00 bits per heavy atom. The summed E-state index contributed by atoms with van der Waals surface area (Å²) in [5.74, 6) is -0.853. The number of halogens is 6. The lowest BCUT2D eigenvalue weighted by atomic mass is 9.79. The largest absolute Gasteiger partial charge is 0.416 e. The molecule has 0 spiro atoms. The van der Waals surface area contributed by atoms with Crippen molar-refractivity contribution in [3.05, 3.63) is 63.3 Å². The molecule has 1 aliphatic carbocycles. The number of anilines is 1. The number of nitrogens with zero attached hydrogens (tertiary/aromatic N) is 3. The third-order valence-corrected chi connectivity index (χ3v) is 6.58. The molecule has 35 heavy (non-hydrogen) atoms. The summed E-state index contributed by atoms with van der Waals surface area (Å²) in [6, 6.07) is 4.59. The van der Waals surface area contributed by atoms with E-state index in [4.69, 9.17) is 0 Å². The van der Waals surface area contributed by atoms with E-state index in [9.17, 15) is 31.1 Å². The van der Waals surface area contributed by atoms with Gasteiger partial charge in [-0.25, -0.2) is 9.97 Å². The monoisotopic (exact) mass is 498 g/mol. The van der Waals surface area contributed by atoms with Gasteiger partial charge >= 0.3 is 12.4 Å². The number of pyridine rings is 1. The van der Waals surface area contributed by atoms with Gasteiger partial charge in [0.2, 0.25) is 0 Å². The summed E-state index contributed by atoms with van der Waals surface area (Å²) in [6.45, 7) is 6.41. The van der Waals surface area contributed by atoms with E-state index in [0.29, 0.717) is 22.3 Å². The highest BCUT2D eigenvalue weighted by atomic mass is 19.4. The van der Waals surface area contributed by atoms with Crippen molar-refractivity contribution in [1.82, 2.24) is 14.5 Å². The number of aromatic nitrogens is 3. The van der Waals surface area contributed by atoms with Crippen molar-refractivity contribution in [2.24, 2.45) is 5.92 Å². The molecular formula is C24H24F6N4O. The fourth-order valence-corrected chi connectivity index (χ4v) is 4.68. The first-order valence-electron chi connectivity index (χ1n) is 11.0. The first-order chi connectivity index (χ1) is 16.1. The van der Waals surface area contributed by atoms with E-state index in [0.717, 1.165) is 6.07 Å². The summed E-state index contributed by atoms with van der Waals surface area (Å²) in [5.41, 5.74) is -1.47. The molecule has 5 nitrogen and oxygen atoms in total. The molecule has 11 heteroatoms. The maximum Gasteiger partial charge on any atom is 0.416 e. The van der Waals surface area contributed by atoms with Crippen LogP contribution in [0.25, 0.3) is 10.9 Å². The maximum atomic E-state index is 13.5. The van der Waals surface area contributed by atoms with Gasteiger partial charge in [0.25, 0.3) is 5.56 Å². The lowest BCUT2D eigenvalue weighted by Gasteiger charge is -2.37. The van der Waals surface area contributed by atoms with E-state index in [2.05, 4.69) is 15.3 Å². The van der Waals surface area contributed by atoms with Crippen LogP contribution in [-0.4, -0.2) is 20.7 Å². The number of nitrogens with one attached hydrogen (secondary N) is 1. The van der Waals surface area contributed by atoms with Crippen LogP contribution in [0.15, 0.2) is 35.3 Å². The topological polar surface area (TPSA) is 59.8 Å². The highest BCUT2D eigenvalue weighted by molar-refractivity contribution is 5.88. The van der Waals surface area contributed by atoms with Crippen molar-refractivity contribution in [3.8, 4) is 0 Å². The minimum Gasteiger partial charge on any atom is -0.360 e. The van der Waals surface area contributed by atoms with Gasteiger partial charge in [0.15, 0.2) is 0 Å². The van der Waals surface area contributed by atoms with Crippen LogP contribution in [0.4, 0.5) is 32.2 Å². The molecule has 0 saturated heterocycles. The number of aryl methyl sites for hydroxylation is 1. The number of alkyl halides is 6. The SMILES string of the molecule is Cc1nc(NC(C)(C)c2cccc(C(F)(F)F)c2C)c2cn(C3CC(C(F)(F)F)C3)c(=O)cc2n1. The fourth-order valence-electron chi connectivity index (χ4n) is 4.68. The van der Waals surface area contributed by atoms with Gasteiger partial charge in [-0.3, -0.25) is 4.79 Å². The molecule has 0 radical (unpaired) electrons. The number of hydrogen-bond acceptors (Lipinski definition) is 4. The van der Waals surface area contributed by atoms with Gasteiger partial charge in [0, 0.05) is 18.3 Å². The molecule has 188 valence electrons. The van der Waals surface area contributed by atoms with E-state index in [1.54, 1.807) is 26.8 Å². The molecule has 3 aromatic rings. The minimum absolute atomic E-state index is 0.0668. The normalized spacial score (nSPS) is 19.0. The highest BCUT2D eigenvalue weighted by Gasteiger charge is 2.48. The molecule has 0 atom stereocenters. The second-order valence-corrected chi connectivity index (χ2v) is 9.53. The Morgan fingerprint density at radius 3 is 2.23 bits per heavy atom. The zero-order valence-electron chi connectivity index (χ0n) is 19.5. The van der Waals surface area contributed by atoms with Crippen LogP contribution in [0.3, 0.4) is 0 Å². The molecule has 1 saturated carbocycles. The summed E-state index contributed by atoms with van der Waals surface area (Å²) >= 11 is 0. The summed E-state index contributed by atoms with van der Waals surface area (Å²) in [7, 11) is 0. The molecular weight excluding hydrogens is 474 g/mol. The van der Waals surface area contributed by atoms with Gasteiger partial charge in [-0.2, -0.15) is 26.3 Å². The molecule has 1 fully saturated rings. The van der Waals surface area contributed by atoms with Crippen LogP contribution < -0.4 is 10.9 Å². The van der Waals surface area contributed by atoms with Crippen LogP contribution >= 0.6 is 0 Å². The Bertz CT molecular complexity index is 1340. The fraction of sp³-hybridized carbons (Fsp3) is 0.458. The Labute approximate surface area is 197 Å². The highest BCUT2D eigenvalue weighted by Crippen LogP contribution is 2.47. The predicted octanol–water partition coefficient (Wildman–Crippen LogP) is 6.29. The van der Waals surface area contributed by atoms with Crippen molar-refractivity contribution in [2.75, 3.05) is 5.32 Å². The van der Waals surface area contributed by atoms with E-state index in [1.165, 1.54) is 29.8 Å². The number of hydrogen-bond donors (Lipinski definition) is 1. The minimum atomic E-state index is -4.51. The lowest BCUT2D eigenvalue weighted by Crippen LogP contribution is -2.40. The summed E-state index contributed by atoms with van der Waals surface area (Å²) in [6.07, 6.45) is -7.78. The summed E-state index contributed by atoms with van der Waals surface area (Å²) in [5, 5.41) is 3.57. The second kappa shape index (κ2) is 8.23. The summed E-state index contributed by atoms with van der Waals surface area (Å²) in [4.78, 5) is 21.3. The Kier molecular flexibility index (Phi) is 5.88. The third kappa shape index (κ3) is 4.72.